The predicted octanol–water partition coefficient (Wildman–Crippen LogP) is 0.234. The molecule has 0 bridgehead atoms. The molecule has 1 heterocycles. The number of carbonyl (C=O) groups excluding carboxylic acids is 1. The fourth-order valence-electron chi connectivity index (χ4n) is 1.66. The van der Waals surface area contributed by atoms with E-state index in [0.717, 1.165) is 12.8 Å². The average molecular weight is 235 g/mol. The van der Waals surface area contributed by atoms with Gasteiger partial charge in [-0.2, -0.15) is 0 Å². The zero-order valence-corrected chi connectivity index (χ0v) is 9.17. The van der Waals surface area contributed by atoms with E-state index in [2.05, 4.69) is 4.98 Å². The van der Waals surface area contributed by atoms with Gasteiger partial charge in [-0.1, -0.05) is 0 Å². The molecule has 0 unspecified atom stereocenters. The van der Waals surface area contributed by atoms with Gasteiger partial charge in [0.15, 0.2) is 0 Å². The molecule has 1 aromatic heterocycles. The van der Waals surface area contributed by atoms with Crippen LogP contribution < -0.4 is 10.6 Å². The Morgan fingerprint density at radius 3 is 2.76 bits per heavy atom. The van der Waals surface area contributed by atoms with Gasteiger partial charge >= 0.3 is 5.97 Å². The van der Waals surface area contributed by atoms with Crippen LogP contribution in [0.2, 0.25) is 0 Å². The van der Waals surface area contributed by atoms with Crippen molar-refractivity contribution in [3.63, 3.8) is 0 Å². The zero-order valence-electron chi connectivity index (χ0n) is 9.17. The van der Waals surface area contributed by atoms with E-state index in [1.54, 1.807) is 4.90 Å². The highest BCUT2D eigenvalue weighted by atomic mass is 16.4. The first-order chi connectivity index (χ1) is 8.08. The van der Waals surface area contributed by atoms with Crippen molar-refractivity contribution in [2.75, 3.05) is 11.4 Å². The summed E-state index contributed by atoms with van der Waals surface area (Å²) in [5, 5.41) is 8.84. The average Bonchev–Trinajstić information content (AvgIpc) is 3.09. The maximum atomic E-state index is 11.0. The highest BCUT2D eigenvalue weighted by molar-refractivity contribution is 5.93. The van der Waals surface area contributed by atoms with E-state index in [1.807, 2.05) is 0 Å². The Kier molecular flexibility index (Phi) is 2.95. The fourth-order valence-corrected chi connectivity index (χ4v) is 1.66. The Labute approximate surface area is 98.1 Å². The minimum atomic E-state index is -0.914. The second-order valence-corrected chi connectivity index (χ2v) is 4.02. The second kappa shape index (κ2) is 4.40. The van der Waals surface area contributed by atoms with Gasteiger partial charge in [0, 0.05) is 17.8 Å². The van der Waals surface area contributed by atoms with Crippen LogP contribution in [-0.4, -0.2) is 34.6 Å². The number of hydrogen-bond donors (Lipinski definition) is 2. The number of anilines is 1. The lowest BCUT2D eigenvalue weighted by Crippen LogP contribution is -2.32. The molecule has 6 heteroatoms. The molecule has 0 aromatic carbocycles. The van der Waals surface area contributed by atoms with E-state index < -0.39 is 11.9 Å². The number of carboxylic acid groups (broad SMARTS) is 1. The van der Waals surface area contributed by atoms with Crippen LogP contribution in [0.15, 0.2) is 18.3 Å². The molecule has 90 valence electrons. The molecule has 0 radical (unpaired) electrons. The zero-order chi connectivity index (χ0) is 12.4. The summed E-state index contributed by atoms with van der Waals surface area (Å²) in [7, 11) is 0. The van der Waals surface area contributed by atoms with E-state index in [4.69, 9.17) is 10.8 Å². The lowest BCUT2D eigenvalue weighted by Gasteiger charge is -2.21. The van der Waals surface area contributed by atoms with Gasteiger partial charge < -0.3 is 15.7 Å². The monoisotopic (exact) mass is 235 g/mol. The Bertz CT molecular complexity index is 457. The lowest BCUT2D eigenvalue weighted by atomic mass is 10.2. The van der Waals surface area contributed by atoms with Crippen LogP contribution in [0.5, 0.6) is 0 Å². The summed E-state index contributed by atoms with van der Waals surface area (Å²) in [5.74, 6) is -0.964. The van der Waals surface area contributed by atoms with Crippen LogP contribution in [0.4, 0.5) is 5.82 Å². The Morgan fingerprint density at radius 2 is 2.24 bits per heavy atom. The quantitative estimate of drug-likeness (QED) is 0.761. The molecule has 6 nitrogen and oxygen atoms in total. The summed E-state index contributed by atoms with van der Waals surface area (Å²) in [6.07, 6.45) is 3.37. The van der Waals surface area contributed by atoms with E-state index in [0.29, 0.717) is 11.4 Å². The van der Waals surface area contributed by atoms with Gasteiger partial charge in [-0.05, 0) is 25.0 Å². The van der Waals surface area contributed by atoms with Crippen molar-refractivity contribution in [1.29, 1.82) is 0 Å². The van der Waals surface area contributed by atoms with Crippen LogP contribution in [0.25, 0.3) is 0 Å². The lowest BCUT2D eigenvalue weighted by molar-refractivity contribution is -0.135. The maximum Gasteiger partial charge on any atom is 0.323 e. The normalized spacial score (nSPS) is 14.4. The largest absolute Gasteiger partial charge is 0.480 e. The van der Waals surface area contributed by atoms with Gasteiger partial charge in [-0.15, -0.1) is 0 Å². The summed E-state index contributed by atoms with van der Waals surface area (Å²) < 4.78 is 0. The Hall–Kier alpha value is -2.11. The van der Waals surface area contributed by atoms with Crippen molar-refractivity contribution in [2.24, 2.45) is 5.73 Å². The molecular formula is C11H13N3O3. The number of carboxylic acids is 1. The number of carbonyl (C=O) groups is 2. The number of aliphatic carboxylic acids is 1. The Balaban J connectivity index is 2.25. The molecule has 0 saturated heterocycles. The van der Waals surface area contributed by atoms with Crippen molar-refractivity contribution in [2.45, 2.75) is 18.9 Å². The van der Waals surface area contributed by atoms with Crippen LogP contribution >= 0.6 is 0 Å². The van der Waals surface area contributed by atoms with Gasteiger partial charge in [0.1, 0.15) is 12.4 Å². The van der Waals surface area contributed by atoms with E-state index in [9.17, 15) is 9.59 Å². The molecule has 0 atom stereocenters. The van der Waals surface area contributed by atoms with Gasteiger partial charge in [-0.25, -0.2) is 4.98 Å². The molecule has 0 aliphatic heterocycles. The van der Waals surface area contributed by atoms with Crippen molar-refractivity contribution in [3.8, 4) is 0 Å². The molecule has 1 saturated carbocycles. The third kappa shape index (κ3) is 2.72. The summed E-state index contributed by atoms with van der Waals surface area (Å²) >= 11 is 0. The number of amides is 1. The highest BCUT2D eigenvalue weighted by Gasteiger charge is 2.31. The minimum Gasteiger partial charge on any atom is -0.480 e. The number of hydrogen-bond acceptors (Lipinski definition) is 4. The van der Waals surface area contributed by atoms with Crippen LogP contribution in [-0.2, 0) is 4.79 Å². The minimum absolute atomic E-state index is 0.111. The maximum absolute atomic E-state index is 11.0. The highest BCUT2D eigenvalue weighted by Crippen LogP contribution is 2.30. The summed E-state index contributed by atoms with van der Waals surface area (Å²) in [5.41, 5.74) is 5.51. The van der Waals surface area contributed by atoms with Gasteiger partial charge in [0.05, 0.1) is 0 Å². The molecule has 1 aliphatic carbocycles. The SMILES string of the molecule is NC(=O)c1ccnc(N(CC(=O)O)C2CC2)c1. The number of primary amides is 1. The number of aromatic nitrogens is 1. The first-order valence-corrected chi connectivity index (χ1v) is 5.32. The molecule has 2 rings (SSSR count). The first-order valence-electron chi connectivity index (χ1n) is 5.32. The Morgan fingerprint density at radius 1 is 1.53 bits per heavy atom. The van der Waals surface area contributed by atoms with E-state index in [1.165, 1.54) is 18.3 Å². The van der Waals surface area contributed by atoms with Gasteiger partial charge in [0.25, 0.3) is 0 Å². The van der Waals surface area contributed by atoms with Crippen molar-refractivity contribution in [1.82, 2.24) is 4.98 Å². The summed E-state index contributed by atoms with van der Waals surface area (Å²) in [4.78, 5) is 27.6. The van der Waals surface area contributed by atoms with Crippen molar-refractivity contribution < 1.29 is 14.7 Å². The smallest absolute Gasteiger partial charge is 0.323 e. The van der Waals surface area contributed by atoms with E-state index in [-0.39, 0.29) is 12.6 Å². The predicted molar refractivity (Wildman–Crippen MR) is 60.8 cm³/mol. The summed E-state index contributed by atoms with van der Waals surface area (Å²) in [6.45, 7) is -0.111. The molecule has 1 aliphatic rings. The summed E-state index contributed by atoms with van der Waals surface area (Å²) in [6, 6.07) is 3.25. The first kappa shape index (κ1) is 11.4. The molecule has 0 spiro atoms. The molecular weight excluding hydrogens is 222 g/mol. The number of pyridine rings is 1. The fraction of sp³-hybridized carbons (Fsp3) is 0.364. The van der Waals surface area contributed by atoms with Gasteiger partial charge in [-0.3, -0.25) is 9.59 Å². The molecule has 1 amide bonds. The van der Waals surface area contributed by atoms with Gasteiger partial charge in [0.2, 0.25) is 5.91 Å². The number of rotatable bonds is 5. The van der Waals surface area contributed by atoms with Crippen LogP contribution in [0.1, 0.15) is 23.2 Å². The topological polar surface area (TPSA) is 96.5 Å². The molecule has 1 fully saturated rings. The standard InChI is InChI=1S/C11H13N3O3/c12-11(17)7-3-4-13-9(5-7)14(6-10(15)16)8-1-2-8/h3-5,8H,1-2,6H2,(H2,12,17)(H,15,16). The number of nitrogens with zero attached hydrogens (tertiary/aromatic N) is 2. The third-order valence-corrected chi connectivity index (χ3v) is 2.62. The molecule has 1 aromatic rings. The van der Waals surface area contributed by atoms with Crippen LogP contribution in [0.3, 0.4) is 0 Å². The van der Waals surface area contributed by atoms with Crippen LogP contribution in [0, 0.1) is 0 Å². The van der Waals surface area contributed by atoms with Crippen molar-refractivity contribution in [3.05, 3.63) is 23.9 Å². The molecule has 17 heavy (non-hydrogen) atoms. The van der Waals surface area contributed by atoms with E-state index >= 15 is 0 Å². The second-order valence-electron chi connectivity index (χ2n) is 4.02. The number of nitrogens with two attached hydrogens (primary N) is 1. The molecule has 3 N–H and O–H groups in total. The third-order valence-electron chi connectivity index (χ3n) is 2.62. The van der Waals surface area contributed by atoms with Crippen molar-refractivity contribution >= 4 is 17.7 Å².